The van der Waals surface area contributed by atoms with Crippen LogP contribution >= 0.6 is 34.4 Å². The summed E-state index contributed by atoms with van der Waals surface area (Å²) in [7, 11) is 0. The van der Waals surface area contributed by atoms with Crippen molar-refractivity contribution in [1.29, 1.82) is 0 Å². The lowest BCUT2D eigenvalue weighted by Gasteiger charge is -2.26. The van der Waals surface area contributed by atoms with Gasteiger partial charge in [0.2, 0.25) is 5.91 Å². The zero-order valence-corrected chi connectivity index (χ0v) is 20.3. The van der Waals surface area contributed by atoms with Gasteiger partial charge in [0.1, 0.15) is 5.82 Å². The van der Waals surface area contributed by atoms with E-state index in [4.69, 9.17) is 0 Å². The second-order valence-corrected chi connectivity index (χ2v) is 9.73. The third-order valence-corrected chi connectivity index (χ3v) is 7.18. The SMILES string of the molecule is O=C(CSc1nnc(CN2CCCCC2)n1Cc1ccccc1)Nc1ccccc1I. The van der Waals surface area contributed by atoms with E-state index >= 15 is 0 Å². The molecule has 0 atom stereocenters. The molecule has 1 aliphatic rings. The number of aromatic nitrogens is 3. The molecule has 0 spiro atoms. The molecule has 8 heteroatoms. The predicted octanol–water partition coefficient (Wildman–Crippen LogP) is 4.65. The van der Waals surface area contributed by atoms with Crippen molar-refractivity contribution >= 4 is 45.9 Å². The van der Waals surface area contributed by atoms with E-state index in [0.29, 0.717) is 12.3 Å². The Kier molecular flexibility index (Phi) is 7.98. The number of para-hydroxylation sites is 1. The Morgan fingerprint density at radius 1 is 0.968 bits per heavy atom. The van der Waals surface area contributed by atoms with Crippen molar-refractivity contribution in [3.05, 3.63) is 69.6 Å². The van der Waals surface area contributed by atoms with Crippen LogP contribution in [0.1, 0.15) is 30.7 Å². The van der Waals surface area contributed by atoms with Crippen LogP contribution in [0, 0.1) is 3.57 Å². The zero-order valence-electron chi connectivity index (χ0n) is 17.3. The van der Waals surface area contributed by atoms with E-state index in [9.17, 15) is 4.79 Å². The molecular formula is C23H26IN5OS. The highest BCUT2D eigenvalue weighted by Gasteiger charge is 2.19. The van der Waals surface area contributed by atoms with Crippen LogP contribution < -0.4 is 5.32 Å². The summed E-state index contributed by atoms with van der Waals surface area (Å²) in [6, 6.07) is 18.1. The van der Waals surface area contributed by atoms with Gasteiger partial charge in [0.15, 0.2) is 5.16 Å². The first-order valence-corrected chi connectivity index (χ1v) is 12.6. The quantitative estimate of drug-likeness (QED) is 0.329. The number of benzene rings is 2. The number of rotatable bonds is 8. The van der Waals surface area contributed by atoms with Gasteiger partial charge in [-0.25, -0.2) is 0 Å². The molecular weight excluding hydrogens is 521 g/mol. The Hall–Kier alpha value is -1.91. The largest absolute Gasteiger partial charge is 0.324 e. The number of carbonyl (C=O) groups excluding carboxylic acids is 1. The van der Waals surface area contributed by atoms with Crippen molar-refractivity contribution in [2.75, 3.05) is 24.2 Å². The molecule has 0 unspecified atom stereocenters. The minimum absolute atomic E-state index is 0.0408. The van der Waals surface area contributed by atoms with Gasteiger partial charge in [-0.3, -0.25) is 9.69 Å². The number of nitrogens with one attached hydrogen (secondary N) is 1. The van der Waals surface area contributed by atoms with Gasteiger partial charge in [0, 0.05) is 3.57 Å². The Labute approximate surface area is 201 Å². The number of hydrogen-bond donors (Lipinski definition) is 1. The molecule has 1 fully saturated rings. The molecule has 1 saturated heterocycles. The highest BCUT2D eigenvalue weighted by Crippen LogP contribution is 2.22. The van der Waals surface area contributed by atoms with Gasteiger partial charge in [-0.1, -0.05) is 60.6 Å². The number of halogens is 1. The summed E-state index contributed by atoms with van der Waals surface area (Å²) in [5.74, 6) is 1.22. The van der Waals surface area contributed by atoms with Crippen LogP contribution in [-0.4, -0.2) is 44.4 Å². The molecule has 0 saturated carbocycles. The number of carbonyl (C=O) groups is 1. The predicted molar refractivity (Wildman–Crippen MR) is 133 cm³/mol. The maximum atomic E-state index is 12.5. The number of amides is 1. The minimum Gasteiger partial charge on any atom is -0.324 e. The number of thioether (sulfide) groups is 1. The van der Waals surface area contributed by atoms with Gasteiger partial charge in [0.05, 0.1) is 24.5 Å². The standard InChI is InChI=1S/C23H26IN5OS/c24-19-11-5-6-12-20(19)25-22(30)17-31-23-27-26-21(16-28-13-7-2-8-14-28)29(23)15-18-9-3-1-4-10-18/h1,3-6,9-12H,2,7-8,13-17H2,(H,25,30). The average Bonchev–Trinajstić information content (AvgIpc) is 3.16. The fourth-order valence-corrected chi connectivity index (χ4v) is 4.94. The van der Waals surface area contributed by atoms with Gasteiger partial charge in [-0.2, -0.15) is 0 Å². The third-order valence-electron chi connectivity index (χ3n) is 5.27. The van der Waals surface area contributed by atoms with E-state index in [-0.39, 0.29) is 5.91 Å². The summed E-state index contributed by atoms with van der Waals surface area (Å²) in [5.41, 5.74) is 2.04. The summed E-state index contributed by atoms with van der Waals surface area (Å²) in [4.78, 5) is 15.0. The molecule has 0 aliphatic carbocycles. The van der Waals surface area contributed by atoms with Crippen LogP contribution in [-0.2, 0) is 17.9 Å². The van der Waals surface area contributed by atoms with E-state index in [1.54, 1.807) is 0 Å². The molecule has 3 aromatic rings. The molecule has 1 aliphatic heterocycles. The number of anilines is 1. The van der Waals surface area contributed by atoms with Crippen LogP contribution in [0.3, 0.4) is 0 Å². The van der Waals surface area contributed by atoms with Crippen LogP contribution in [0.25, 0.3) is 0 Å². The molecule has 1 aromatic heterocycles. The third kappa shape index (κ3) is 6.30. The molecule has 162 valence electrons. The van der Waals surface area contributed by atoms with Crippen molar-refractivity contribution in [3.8, 4) is 0 Å². The minimum atomic E-state index is -0.0408. The van der Waals surface area contributed by atoms with Crippen LogP contribution in [0.4, 0.5) is 5.69 Å². The fraction of sp³-hybridized carbons (Fsp3) is 0.348. The normalized spacial score (nSPS) is 14.5. The summed E-state index contributed by atoms with van der Waals surface area (Å²) in [5, 5.41) is 12.7. The van der Waals surface area contributed by atoms with Gasteiger partial charge < -0.3 is 9.88 Å². The van der Waals surface area contributed by atoms with Crippen molar-refractivity contribution in [1.82, 2.24) is 19.7 Å². The molecule has 2 heterocycles. The average molecular weight is 547 g/mol. The van der Waals surface area contributed by atoms with Gasteiger partial charge in [0.25, 0.3) is 0 Å². The summed E-state index contributed by atoms with van der Waals surface area (Å²) >= 11 is 3.67. The molecule has 6 nitrogen and oxygen atoms in total. The number of hydrogen-bond acceptors (Lipinski definition) is 5. The lowest BCUT2D eigenvalue weighted by Crippen LogP contribution is -2.30. The second-order valence-electron chi connectivity index (χ2n) is 7.62. The Bertz CT molecular complexity index is 1000. The Balaban J connectivity index is 1.46. The molecule has 1 N–H and O–H groups in total. The van der Waals surface area contributed by atoms with Gasteiger partial charge in [-0.05, 0) is 66.2 Å². The number of nitrogens with zero attached hydrogens (tertiary/aromatic N) is 4. The fourth-order valence-electron chi connectivity index (χ4n) is 3.66. The lowest BCUT2D eigenvalue weighted by atomic mass is 10.1. The van der Waals surface area contributed by atoms with Crippen LogP contribution in [0.15, 0.2) is 59.8 Å². The molecule has 31 heavy (non-hydrogen) atoms. The van der Waals surface area contributed by atoms with E-state index in [1.807, 2.05) is 42.5 Å². The van der Waals surface area contributed by atoms with Crippen molar-refractivity contribution in [2.24, 2.45) is 0 Å². The second kappa shape index (κ2) is 11.1. The summed E-state index contributed by atoms with van der Waals surface area (Å²) in [6.45, 7) is 3.73. The number of piperidine rings is 1. The Morgan fingerprint density at radius 3 is 2.48 bits per heavy atom. The molecule has 0 radical (unpaired) electrons. The van der Waals surface area contributed by atoms with E-state index in [0.717, 1.165) is 39.9 Å². The van der Waals surface area contributed by atoms with E-state index < -0.39 is 0 Å². The number of likely N-dealkylation sites (tertiary alicyclic amines) is 1. The maximum absolute atomic E-state index is 12.5. The molecule has 1 amide bonds. The van der Waals surface area contributed by atoms with Crippen molar-refractivity contribution < 1.29 is 4.79 Å². The lowest BCUT2D eigenvalue weighted by molar-refractivity contribution is -0.113. The van der Waals surface area contributed by atoms with Gasteiger partial charge >= 0.3 is 0 Å². The van der Waals surface area contributed by atoms with E-state index in [1.165, 1.54) is 36.6 Å². The first kappa shape index (κ1) is 22.3. The van der Waals surface area contributed by atoms with Gasteiger partial charge in [-0.15, -0.1) is 10.2 Å². The highest BCUT2D eigenvalue weighted by molar-refractivity contribution is 14.1. The maximum Gasteiger partial charge on any atom is 0.234 e. The Morgan fingerprint density at radius 2 is 1.71 bits per heavy atom. The first-order chi connectivity index (χ1) is 15.2. The van der Waals surface area contributed by atoms with Crippen molar-refractivity contribution in [3.63, 3.8) is 0 Å². The highest BCUT2D eigenvalue weighted by atomic mass is 127. The van der Waals surface area contributed by atoms with Crippen molar-refractivity contribution in [2.45, 2.75) is 37.5 Å². The smallest absolute Gasteiger partial charge is 0.234 e. The summed E-state index contributed by atoms with van der Waals surface area (Å²) < 4.78 is 3.18. The van der Waals surface area contributed by atoms with E-state index in [2.05, 4.69) is 59.7 Å². The monoisotopic (exact) mass is 547 g/mol. The molecule has 2 aromatic carbocycles. The molecule has 0 bridgehead atoms. The molecule has 4 rings (SSSR count). The van der Waals surface area contributed by atoms with Crippen LogP contribution in [0.2, 0.25) is 0 Å². The summed E-state index contributed by atoms with van der Waals surface area (Å²) in [6.07, 6.45) is 3.80. The van der Waals surface area contributed by atoms with Crippen LogP contribution in [0.5, 0.6) is 0 Å². The zero-order chi connectivity index (χ0) is 21.5. The topological polar surface area (TPSA) is 63.1 Å². The first-order valence-electron chi connectivity index (χ1n) is 10.5.